The average Bonchev–Trinajstić information content (AvgIpc) is 2.89. The van der Waals surface area contributed by atoms with Gasteiger partial charge >= 0.3 is 0 Å². The summed E-state index contributed by atoms with van der Waals surface area (Å²) in [5, 5.41) is 0. The molecule has 1 aromatic heterocycles. The van der Waals surface area contributed by atoms with Crippen LogP contribution in [0, 0.1) is 5.92 Å². The molecule has 0 spiro atoms. The topological polar surface area (TPSA) is 29.0 Å². The SMILES string of the molecule is CCCc1nc(Br)cc(N(CC(C)C)C2CCCC2)n1. The maximum atomic E-state index is 4.81. The number of aryl methyl sites for hydroxylation is 1. The van der Waals surface area contributed by atoms with Gasteiger partial charge in [-0.1, -0.05) is 33.6 Å². The normalized spacial score (nSPS) is 16.1. The van der Waals surface area contributed by atoms with Crippen LogP contribution in [0.2, 0.25) is 0 Å². The van der Waals surface area contributed by atoms with E-state index in [0.717, 1.165) is 35.6 Å². The molecule has 0 radical (unpaired) electrons. The molecule has 0 saturated heterocycles. The highest BCUT2D eigenvalue weighted by molar-refractivity contribution is 9.10. The Morgan fingerprint density at radius 3 is 2.60 bits per heavy atom. The summed E-state index contributed by atoms with van der Waals surface area (Å²) in [5.74, 6) is 2.72. The van der Waals surface area contributed by atoms with Crippen LogP contribution in [0.5, 0.6) is 0 Å². The molecule has 0 amide bonds. The average molecular weight is 340 g/mol. The third-order valence-corrected chi connectivity index (χ3v) is 4.23. The van der Waals surface area contributed by atoms with E-state index in [1.165, 1.54) is 25.7 Å². The molecule has 0 atom stereocenters. The van der Waals surface area contributed by atoms with Crippen molar-refractivity contribution in [2.45, 2.75) is 65.3 Å². The van der Waals surface area contributed by atoms with Crippen LogP contribution in [-0.2, 0) is 6.42 Å². The molecule has 3 nitrogen and oxygen atoms in total. The van der Waals surface area contributed by atoms with Crippen molar-refractivity contribution in [3.05, 3.63) is 16.5 Å². The Balaban J connectivity index is 2.26. The minimum atomic E-state index is 0.652. The molecule has 112 valence electrons. The minimum Gasteiger partial charge on any atom is -0.353 e. The fraction of sp³-hybridized carbons (Fsp3) is 0.750. The van der Waals surface area contributed by atoms with Gasteiger partial charge in [0.25, 0.3) is 0 Å². The Morgan fingerprint density at radius 1 is 1.30 bits per heavy atom. The Hall–Kier alpha value is -0.640. The molecule has 0 bridgehead atoms. The molecule has 2 rings (SSSR count). The van der Waals surface area contributed by atoms with Gasteiger partial charge < -0.3 is 4.90 Å². The number of hydrogen-bond donors (Lipinski definition) is 0. The lowest BCUT2D eigenvalue weighted by molar-refractivity contribution is 0.529. The van der Waals surface area contributed by atoms with Crippen LogP contribution in [0.4, 0.5) is 5.82 Å². The lowest BCUT2D eigenvalue weighted by atomic mass is 10.1. The smallest absolute Gasteiger partial charge is 0.133 e. The first-order chi connectivity index (χ1) is 9.60. The fourth-order valence-electron chi connectivity index (χ4n) is 2.97. The number of nitrogens with zero attached hydrogens (tertiary/aromatic N) is 3. The van der Waals surface area contributed by atoms with Gasteiger partial charge in [-0.2, -0.15) is 0 Å². The Kier molecular flexibility index (Phi) is 5.82. The van der Waals surface area contributed by atoms with Gasteiger partial charge in [0.1, 0.15) is 16.2 Å². The van der Waals surface area contributed by atoms with Gasteiger partial charge in [-0.15, -0.1) is 0 Å². The first-order valence-electron chi connectivity index (χ1n) is 7.90. The first-order valence-corrected chi connectivity index (χ1v) is 8.69. The predicted molar refractivity (Wildman–Crippen MR) is 88.2 cm³/mol. The van der Waals surface area contributed by atoms with E-state index in [0.29, 0.717) is 12.0 Å². The van der Waals surface area contributed by atoms with Crippen molar-refractivity contribution in [1.29, 1.82) is 0 Å². The summed E-state index contributed by atoms with van der Waals surface area (Å²) >= 11 is 3.55. The van der Waals surface area contributed by atoms with Gasteiger partial charge in [0.15, 0.2) is 0 Å². The van der Waals surface area contributed by atoms with Gasteiger partial charge in [0, 0.05) is 25.1 Å². The molecule has 20 heavy (non-hydrogen) atoms. The van der Waals surface area contributed by atoms with Gasteiger partial charge in [0.2, 0.25) is 0 Å². The van der Waals surface area contributed by atoms with E-state index in [2.05, 4.69) is 52.7 Å². The van der Waals surface area contributed by atoms with Gasteiger partial charge in [-0.05, 0) is 41.1 Å². The van der Waals surface area contributed by atoms with Crippen molar-refractivity contribution in [1.82, 2.24) is 9.97 Å². The van der Waals surface area contributed by atoms with Crippen molar-refractivity contribution in [3.63, 3.8) is 0 Å². The van der Waals surface area contributed by atoms with Gasteiger partial charge in [0.05, 0.1) is 0 Å². The fourth-order valence-corrected chi connectivity index (χ4v) is 3.38. The number of hydrogen-bond acceptors (Lipinski definition) is 3. The number of aromatic nitrogens is 2. The highest BCUT2D eigenvalue weighted by Crippen LogP contribution is 2.29. The Labute approximate surface area is 131 Å². The molecule has 1 aliphatic carbocycles. The molecule has 4 heteroatoms. The maximum absolute atomic E-state index is 4.81. The summed E-state index contributed by atoms with van der Waals surface area (Å²) in [6, 6.07) is 2.74. The van der Waals surface area contributed by atoms with Gasteiger partial charge in [-0.3, -0.25) is 0 Å². The second kappa shape index (κ2) is 7.39. The molecule has 0 unspecified atom stereocenters. The van der Waals surface area contributed by atoms with E-state index in [-0.39, 0.29) is 0 Å². The predicted octanol–water partition coefficient (Wildman–Crippen LogP) is 4.60. The molecule has 0 aromatic carbocycles. The van der Waals surface area contributed by atoms with Crippen LogP contribution in [0.25, 0.3) is 0 Å². The van der Waals surface area contributed by atoms with Crippen LogP contribution in [0.15, 0.2) is 10.7 Å². The first kappa shape index (κ1) is 15.7. The van der Waals surface area contributed by atoms with E-state index in [4.69, 9.17) is 4.98 Å². The summed E-state index contributed by atoms with van der Waals surface area (Å²) in [4.78, 5) is 11.8. The van der Waals surface area contributed by atoms with Crippen LogP contribution >= 0.6 is 15.9 Å². The highest BCUT2D eigenvalue weighted by atomic mass is 79.9. The molecule has 1 aliphatic rings. The zero-order valence-corrected chi connectivity index (χ0v) is 14.5. The monoisotopic (exact) mass is 339 g/mol. The van der Waals surface area contributed by atoms with Crippen LogP contribution in [0.3, 0.4) is 0 Å². The van der Waals surface area contributed by atoms with Crippen molar-refractivity contribution >= 4 is 21.7 Å². The summed E-state index contributed by atoms with van der Waals surface area (Å²) < 4.78 is 0.915. The molecule has 1 fully saturated rings. The van der Waals surface area contributed by atoms with E-state index < -0.39 is 0 Å². The van der Waals surface area contributed by atoms with E-state index in [9.17, 15) is 0 Å². The maximum Gasteiger partial charge on any atom is 0.133 e. The van der Waals surface area contributed by atoms with E-state index in [1.807, 2.05) is 0 Å². The summed E-state index contributed by atoms with van der Waals surface area (Å²) in [7, 11) is 0. The molecule has 1 saturated carbocycles. The lowest BCUT2D eigenvalue weighted by Crippen LogP contribution is -2.37. The zero-order valence-electron chi connectivity index (χ0n) is 12.9. The highest BCUT2D eigenvalue weighted by Gasteiger charge is 2.25. The van der Waals surface area contributed by atoms with E-state index in [1.54, 1.807) is 0 Å². The molecular formula is C16H26BrN3. The molecule has 1 aromatic rings. The van der Waals surface area contributed by atoms with Crippen molar-refractivity contribution in [2.24, 2.45) is 5.92 Å². The molecular weight excluding hydrogens is 314 g/mol. The van der Waals surface area contributed by atoms with Crippen molar-refractivity contribution in [2.75, 3.05) is 11.4 Å². The molecule has 0 aliphatic heterocycles. The summed E-state index contributed by atoms with van der Waals surface area (Å²) in [5.41, 5.74) is 0. The third-order valence-electron chi connectivity index (χ3n) is 3.82. The van der Waals surface area contributed by atoms with Crippen LogP contribution in [-0.4, -0.2) is 22.6 Å². The van der Waals surface area contributed by atoms with Crippen LogP contribution in [0.1, 0.15) is 58.7 Å². The lowest BCUT2D eigenvalue weighted by Gasteiger charge is -2.32. The Bertz CT molecular complexity index is 428. The zero-order chi connectivity index (χ0) is 14.5. The second-order valence-electron chi connectivity index (χ2n) is 6.20. The van der Waals surface area contributed by atoms with Crippen LogP contribution < -0.4 is 4.90 Å². The molecule has 1 heterocycles. The number of rotatable bonds is 6. The minimum absolute atomic E-state index is 0.652. The number of anilines is 1. The third kappa shape index (κ3) is 4.18. The number of halogens is 1. The molecule has 0 N–H and O–H groups in total. The van der Waals surface area contributed by atoms with Crippen molar-refractivity contribution < 1.29 is 0 Å². The van der Waals surface area contributed by atoms with Gasteiger partial charge in [-0.25, -0.2) is 9.97 Å². The Morgan fingerprint density at radius 2 is 2.00 bits per heavy atom. The van der Waals surface area contributed by atoms with E-state index >= 15 is 0 Å². The second-order valence-corrected chi connectivity index (χ2v) is 7.01. The summed E-state index contributed by atoms with van der Waals surface area (Å²) in [6.07, 6.45) is 7.35. The standard InChI is InChI=1S/C16H26BrN3/c1-4-7-15-18-14(17)10-16(19-15)20(11-12(2)3)13-8-5-6-9-13/h10,12-13H,4-9,11H2,1-3H3. The largest absolute Gasteiger partial charge is 0.353 e. The quantitative estimate of drug-likeness (QED) is 0.709. The summed E-state index contributed by atoms with van der Waals surface area (Å²) in [6.45, 7) is 7.82. The van der Waals surface area contributed by atoms with Crippen molar-refractivity contribution in [3.8, 4) is 0 Å².